The quantitative estimate of drug-likeness (QED) is 0.590. The summed E-state index contributed by atoms with van der Waals surface area (Å²) >= 11 is 5.88. The molecule has 1 atom stereocenters. The maximum atomic E-state index is 12.4. The zero-order valence-electron chi connectivity index (χ0n) is 17.5. The summed E-state index contributed by atoms with van der Waals surface area (Å²) in [6, 6.07) is 11.6. The van der Waals surface area contributed by atoms with E-state index in [2.05, 4.69) is 5.32 Å². The summed E-state index contributed by atoms with van der Waals surface area (Å²) in [5.41, 5.74) is 1.31. The second-order valence-electron chi connectivity index (χ2n) is 6.81. The van der Waals surface area contributed by atoms with E-state index in [4.69, 9.17) is 21.1 Å². The van der Waals surface area contributed by atoms with Gasteiger partial charge in [0, 0.05) is 23.6 Å². The zero-order chi connectivity index (χ0) is 22.3. The van der Waals surface area contributed by atoms with Crippen molar-refractivity contribution < 1.29 is 22.7 Å². The highest BCUT2D eigenvalue weighted by atomic mass is 35.5. The van der Waals surface area contributed by atoms with Crippen LogP contribution < -0.4 is 19.1 Å². The molecule has 0 aliphatic rings. The van der Waals surface area contributed by atoms with Crippen LogP contribution >= 0.6 is 11.6 Å². The summed E-state index contributed by atoms with van der Waals surface area (Å²) in [6.45, 7) is 2.04. The number of anilines is 1. The maximum absolute atomic E-state index is 12.4. The summed E-state index contributed by atoms with van der Waals surface area (Å²) in [5.74, 6) is 1.13. The highest BCUT2D eigenvalue weighted by molar-refractivity contribution is 7.92. The van der Waals surface area contributed by atoms with E-state index < -0.39 is 10.0 Å². The Kier molecular flexibility index (Phi) is 8.37. The number of methoxy groups -OCH3 is 2. The van der Waals surface area contributed by atoms with E-state index in [-0.39, 0.29) is 24.9 Å². The molecule has 164 valence electrons. The van der Waals surface area contributed by atoms with Gasteiger partial charge in [-0.2, -0.15) is 0 Å². The molecule has 0 radical (unpaired) electrons. The standard InChI is InChI=1S/C21H27ClN2O5S/c1-15(19-14-18(28-2)11-12-20(19)29-3)23-21(25)6-5-13-24(30(4,26)27)17-9-7-16(22)8-10-17/h7-12,14-15H,5-6,13H2,1-4H3,(H,23,25)/t15-/m0/s1. The van der Waals surface area contributed by atoms with Crippen molar-refractivity contribution in [1.29, 1.82) is 0 Å². The highest BCUT2D eigenvalue weighted by Crippen LogP contribution is 2.29. The fraction of sp³-hybridized carbons (Fsp3) is 0.381. The van der Waals surface area contributed by atoms with Crippen LogP contribution in [-0.4, -0.2) is 41.3 Å². The van der Waals surface area contributed by atoms with E-state index in [1.165, 1.54) is 4.31 Å². The first-order chi connectivity index (χ1) is 14.2. The van der Waals surface area contributed by atoms with Crippen LogP contribution in [-0.2, 0) is 14.8 Å². The van der Waals surface area contributed by atoms with Gasteiger partial charge in [0.2, 0.25) is 15.9 Å². The van der Waals surface area contributed by atoms with Gasteiger partial charge in [0.15, 0.2) is 0 Å². The first kappa shape index (κ1) is 23.8. The van der Waals surface area contributed by atoms with Gasteiger partial charge >= 0.3 is 0 Å². The predicted molar refractivity (Wildman–Crippen MR) is 119 cm³/mol. The molecule has 0 aliphatic heterocycles. The Balaban J connectivity index is 1.99. The highest BCUT2D eigenvalue weighted by Gasteiger charge is 2.19. The number of sulfonamides is 1. The molecule has 0 aliphatic carbocycles. The maximum Gasteiger partial charge on any atom is 0.232 e. The molecule has 7 nitrogen and oxygen atoms in total. The molecule has 2 rings (SSSR count). The van der Waals surface area contributed by atoms with E-state index in [9.17, 15) is 13.2 Å². The Morgan fingerprint density at radius 2 is 1.80 bits per heavy atom. The molecule has 0 saturated carbocycles. The van der Waals surface area contributed by atoms with Gasteiger partial charge in [0.1, 0.15) is 11.5 Å². The second-order valence-corrected chi connectivity index (χ2v) is 9.16. The third-order valence-electron chi connectivity index (χ3n) is 4.56. The molecule has 0 aromatic heterocycles. The van der Waals surface area contributed by atoms with E-state index in [1.807, 2.05) is 13.0 Å². The van der Waals surface area contributed by atoms with Crippen LogP contribution in [0.3, 0.4) is 0 Å². The third kappa shape index (κ3) is 6.53. The van der Waals surface area contributed by atoms with E-state index in [0.29, 0.717) is 28.6 Å². The summed E-state index contributed by atoms with van der Waals surface area (Å²) in [7, 11) is -0.345. The minimum absolute atomic E-state index is 0.177. The number of nitrogens with one attached hydrogen (secondary N) is 1. The van der Waals surface area contributed by atoms with Gasteiger partial charge in [-0.1, -0.05) is 11.6 Å². The lowest BCUT2D eigenvalue weighted by Gasteiger charge is -2.23. The van der Waals surface area contributed by atoms with E-state index in [1.54, 1.807) is 50.6 Å². The van der Waals surface area contributed by atoms with Crippen LogP contribution in [0.25, 0.3) is 0 Å². The lowest BCUT2D eigenvalue weighted by molar-refractivity contribution is -0.121. The number of benzene rings is 2. The number of amides is 1. The van der Waals surface area contributed by atoms with Crippen molar-refractivity contribution in [2.75, 3.05) is 31.3 Å². The molecule has 2 aromatic rings. The van der Waals surface area contributed by atoms with Crippen molar-refractivity contribution in [1.82, 2.24) is 5.32 Å². The molecule has 0 saturated heterocycles. The molecule has 9 heteroatoms. The molecule has 0 unspecified atom stereocenters. The molecule has 0 heterocycles. The first-order valence-electron chi connectivity index (χ1n) is 9.40. The Bertz CT molecular complexity index is 964. The van der Waals surface area contributed by atoms with Crippen LogP contribution in [0, 0.1) is 0 Å². The van der Waals surface area contributed by atoms with Gasteiger partial charge < -0.3 is 14.8 Å². The van der Waals surface area contributed by atoms with Crippen molar-refractivity contribution in [3.8, 4) is 11.5 Å². The largest absolute Gasteiger partial charge is 0.497 e. The topological polar surface area (TPSA) is 84.9 Å². The van der Waals surface area contributed by atoms with Crippen molar-refractivity contribution in [3.63, 3.8) is 0 Å². The van der Waals surface area contributed by atoms with Gasteiger partial charge in [0.25, 0.3) is 0 Å². The second kappa shape index (κ2) is 10.5. The molecular weight excluding hydrogens is 428 g/mol. The molecule has 0 bridgehead atoms. The summed E-state index contributed by atoms with van der Waals surface area (Å²) in [6.07, 6.45) is 1.68. The third-order valence-corrected chi connectivity index (χ3v) is 6.01. The normalized spacial score (nSPS) is 12.2. The number of carbonyl (C=O) groups excluding carboxylic acids is 1. The monoisotopic (exact) mass is 454 g/mol. The Hall–Kier alpha value is -2.45. The number of nitrogens with zero attached hydrogens (tertiary/aromatic N) is 1. The fourth-order valence-corrected chi connectivity index (χ4v) is 4.14. The minimum atomic E-state index is -3.48. The van der Waals surface area contributed by atoms with Gasteiger partial charge in [0.05, 0.1) is 32.2 Å². The Labute approximate surface area is 183 Å². The Morgan fingerprint density at radius 3 is 2.37 bits per heavy atom. The molecule has 30 heavy (non-hydrogen) atoms. The van der Waals surface area contributed by atoms with Crippen LogP contribution in [0.15, 0.2) is 42.5 Å². The summed E-state index contributed by atoms with van der Waals surface area (Å²) in [5, 5.41) is 3.44. The molecular formula is C21H27ClN2O5S. The first-order valence-corrected chi connectivity index (χ1v) is 11.6. The number of hydrogen-bond donors (Lipinski definition) is 1. The average molecular weight is 455 g/mol. The van der Waals surface area contributed by atoms with Crippen molar-refractivity contribution >= 4 is 33.2 Å². The van der Waals surface area contributed by atoms with Crippen molar-refractivity contribution in [2.24, 2.45) is 0 Å². The smallest absolute Gasteiger partial charge is 0.232 e. The minimum Gasteiger partial charge on any atom is -0.497 e. The van der Waals surface area contributed by atoms with Crippen LogP contribution in [0.4, 0.5) is 5.69 Å². The van der Waals surface area contributed by atoms with Gasteiger partial charge in [-0.05, 0) is 55.8 Å². The SMILES string of the molecule is COc1ccc(OC)c([C@H](C)NC(=O)CCCN(c2ccc(Cl)cc2)S(C)(=O)=O)c1. The number of halogens is 1. The zero-order valence-corrected chi connectivity index (χ0v) is 19.1. The number of hydrogen-bond acceptors (Lipinski definition) is 5. The van der Waals surface area contributed by atoms with E-state index in [0.717, 1.165) is 11.8 Å². The lowest BCUT2D eigenvalue weighted by Crippen LogP contribution is -2.32. The van der Waals surface area contributed by atoms with Crippen LogP contribution in [0.2, 0.25) is 5.02 Å². The van der Waals surface area contributed by atoms with Gasteiger partial charge in [-0.25, -0.2) is 8.42 Å². The average Bonchev–Trinajstić information content (AvgIpc) is 2.70. The van der Waals surface area contributed by atoms with Gasteiger partial charge in [-0.15, -0.1) is 0 Å². The molecule has 1 amide bonds. The van der Waals surface area contributed by atoms with Crippen molar-refractivity contribution in [2.45, 2.75) is 25.8 Å². The van der Waals surface area contributed by atoms with E-state index >= 15 is 0 Å². The molecule has 0 fully saturated rings. The molecule has 2 aromatic carbocycles. The summed E-state index contributed by atoms with van der Waals surface area (Å²) in [4.78, 5) is 12.4. The Morgan fingerprint density at radius 1 is 1.13 bits per heavy atom. The predicted octanol–water partition coefficient (Wildman–Crippen LogP) is 3.78. The number of ether oxygens (including phenoxy) is 2. The molecule has 0 spiro atoms. The van der Waals surface area contributed by atoms with Crippen LogP contribution in [0.5, 0.6) is 11.5 Å². The number of rotatable bonds is 10. The van der Waals surface area contributed by atoms with Crippen LogP contribution in [0.1, 0.15) is 31.4 Å². The fourth-order valence-electron chi connectivity index (χ4n) is 3.05. The van der Waals surface area contributed by atoms with Crippen molar-refractivity contribution in [3.05, 3.63) is 53.1 Å². The molecule has 1 N–H and O–H groups in total. The number of carbonyl (C=O) groups is 1. The summed E-state index contributed by atoms with van der Waals surface area (Å²) < 4.78 is 36.2. The van der Waals surface area contributed by atoms with Gasteiger partial charge in [-0.3, -0.25) is 9.10 Å². The lowest BCUT2D eigenvalue weighted by atomic mass is 10.1.